The third-order valence-corrected chi connectivity index (χ3v) is 0.974. The Morgan fingerprint density at radius 3 is 2.07 bits per heavy atom. The molecule has 0 heterocycles. The molecule has 0 radical (unpaired) electrons. The lowest BCUT2D eigenvalue weighted by molar-refractivity contribution is -0.155. The van der Waals surface area contributed by atoms with Gasteiger partial charge in [-0.15, -0.1) is 0 Å². The molecular weight excluding hydrogens is 194 g/mol. The number of hydrazine groups is 1. The Morgan fingerprint density at radius 1 is 1.14 bits per heavy atom. The normalized spacial score (nSPS) is 8.64. The number of ether oxygens (including phenoxy) is 1. The smallest absolute Gasteiger partial charge is 0.398 e. The van der Waals surface area contributed by atoms with E-state index in [4.69, 9.17) is 0 Å². The zero-order chi connectivity index (χ0) is 11.1. The first-order valence-electron chi connectivity index (χ1n) is 3.56. The quantitative estimate of drug-likeness (QED) is 0.240. The van der Waals surface area contributed by atoms with Crippen molar-refractivity contribution in [2.75, 3.05) is 6.61 Å². The maximum atomic E-state index is 10.7. The van der Waals surface area contributed by atoms with Gasteiger partial charge in [0.2, 0.25) is 0 Å². The van der Waals surface area contributed by atoms with Crippen LogP contribution in [-0.2, 0) is 23.9 Å². The predicted octanol–water partition coefficient (Wildman–Crippen LogP) is -2.82. The Hall–Kier alpha value is -2.12. The molecule has 8 nitrogen and oxygen atoms in total. The zero-order valence-electron chi connectivity index (χ0n) is 7.33. The minimum absolute atomic E-state index is 0.0238. The molecule has 0 saturated heterocycles. The number of hydrogen-bond acceptors (Lipinski definition) is 5. The Balaban J connectivity index is 3.91. The van der Waals surface area contributed by atoms with Crippen LogP contribution in [0.2, 0.25) is 0 Å². The lowest BCUT2D eigenvalue weighted by Gasteiger charge is -2.03. The monoisotopic (exact) mass is 203 g/mol. The molecule has 0 aromatic heterocycles. The van der Waals surface area contributed by atoms with Gasteiger partial charge in [-0.1, -0.05) is 0 Å². The summed E-state index contributed by atoms with van der Waals surface area (Å²) < 4.78 is 4.28. The molecule has 0 aliphatic heterocycles. The molecule has 4 N–H and O–H groups in total. The highest BCUT2D eigenvalue weighted by Crippen LogP contribution is 1.76. The summed E-state index contributed by atoms with van der Waals surface area (Å²) >= 11 is 0. The Morgan fingerprint density at radius 2 is 1.64 bits per heavy atom. The second kappa shape index (κ2) is 5.51. The molecule has 0 bridgehead atoms. The van der Waals surface area contributed by atoms with Gasteiger partial charge in [0.05, 0.1) is 6.61 Å². The zero-order valence-corrected chi connectivity index (χ0v) is 7.33. The van der Waals surface area contributed by atoms with E-state index < -0.39 is 23.7 Å². The van der Waals surface area contributed by atoms with Crippen LogP contribution in [0.5, 0.6) is 0 Å². The van der Waals surface area contributed by atoms with Crippen LogP contribution >= 0.6 is 0 Å². The molecule has 0 spiro atoms. The van der Waals surface area contributed by atoms with Gasteiger partial charge in [0, 0.05) is 0 Å². The van der Waals surface area contributed by atoms with E-state index in [1.807, 2.05) is 0 Å². The first-order chi connectivity index (χ1) is 6.49. The summed E-state index contributed by atoms with van der Waals surface area (Å²) in [4.78, 5) is 42.0. The van der Waals surface area contributed by atoms with E-state index >= 15 is 0 Å². The molecule has 0 aliphatic carbocycles. The molecule has 0 fully saturated rings. The van der Waals surface area contributed by atoms with E-state index in [-0.39, 0.29) is 6.61 Å². The summed E-state index contributed by atoms with van der Waals surface area (Å²) in [7, 11) is 0. The Kier molecular flexibility index (Phi) is 4.68. The number of carbonyl (C=O) groups is 4. The SMILES string of the molecule is CCOC(=O)C(=O)NNC(=O)C(N)=O. The fraction of sp³-hybridized carbons (Fsp3) is 0.333. The van der Waals surface area contributed by atoms with Crippen molar-refractivity contribution in [1.82, 2.24) is 10.9 Å². The van der Waals surface area contributed by atoms with E-state index in [9.17, 15) is 19.2 Å². The first-order valence-corrected chi connectivity index (χ1v) is 3.56. The summed E-state index contributed by atoms with van der Waals surface area (Å²) in [6.07, 6.45) is 0. The van der Waals surface area contributed by atoms with Crippen LogP contribution in [0, 0.1) is 0 Å². The fourth-order valence-corrected chi connectivity index (χ4v) is 0.423. The van der Waals surface area contributed by atoms with Crippen LogP contribution in [0.1, 0.15) is 6.92 Å². The second-order valence-electron chi connectivity index (χ2n) is 1.99. The van der Waals surface area contributed by atoms with Crippen molar-refractivity contribution in [2.24, 2.45) is 5.73 Å². The van der Waals surface area contributed by atoms with Crippen molar-refractivity contribution in [3.8, 4) is 0 Å². The third kappa shape index (κ3) is 4.04. The standard InChI is InChI=1S/C6H9N3O5/c1-2-14-6(13)5(12)9-8-4(11)3(7)10/h2H2,1H3,(H2,7,10)(H,8,11)(H,9,12). The second-order valence-corrected chi connectivity index (χ2v) is 1.99. The number of esters is 1. The molecule has 8 heteroatoms. The average molecular weight is 203 g/mol. The minimum atomic E-state index is -1.28. The lowest BCUT2D eigenvalue weighted by Crippen LogP contribution is -2.49. The van der Waals surface area contributed by atoms with E-state index in [1.165, 1.54) is 6.92 Å². The number of carbonyl (C=O) groups excluding carboxylic acids is 4. The minimum Gasteiger partial charge on any atom is -0.459 e. The highest BCUT2D eigenvalue weighted by atomic mass is 16.5. The summed E-state index contributed by atoms with van der Waals surface area (Å²) in [5.74, 6) is -4.88. The van der Waals surface area contributed by atoms with Crippen LogP contribution in [-0.4, -0.2) is 30.3 Å². The molecule has 78 valence electrons. The molecule has 0 saturated carbocycles. The molecule has 0 unspecified atom stereocenters. The van der Waals surface area contributed by atoms with Gasteiger partial charge in [-0.2, -0.15) is 0 Å². The number of nitrogens with two attached hydrogens (primary N) is 1. The van der Waals surface area contributed by atoms with Gasteiger partial charge < -0.3 is 10.5 Å². The number of primary amides is 1. The van der Waals surface area contributed by atoms with Crippen molar-refractivity contribution in [3.63, 3.8) is 0 Å². The Labute approximate surface area is 78.7 Å². The molecule has 0 aliphatic rings. The predicted molar refractivity (Wildman–Crippen MR) is 42.1 cm³/mol. The average Bonchev–Trinajstić information content (AvgIpc) is 2.13. The van der Waals surface area contributed by atoms with Gasteiger partial charge in [-0.3, -0.25) is 25.2 Å². The van der Waals surface area contributed by atoms with Crippen LogP contribution in [0.25, 0.3) is 0 Å². The van der Waals surface area contributed by atoms with Crippen molar-refractivity contribution >= 4 is 23.7 Å². The van der Waals surface area contributed by atoms with Crippen LogP contribution < -0.4 is 16.6 Å². The van der Waals surface area contributed by atoms with Crippen LogP contribution in [0.15, 0.2) is 0 Å². The van der Waals surface area contributed by atoms with E-state index in [2.05, 4.69) is 10.5 Å². The van der Waals surface area contributed by atoms with Gasteiger partial charge in [0.1, 0.15) is 0 Å². The molecule has 3 amide bonds. The summed E-state index contributed by atoms with van der Waals surface area (Å²) in [6, 6.07) is 0. The molecule has 14 heavy (non-hydrogen) atoms. The van der Waals surface area contributed by atoms with Gasteiger partial charge in [0.15, 0.2) is 0 Å². The highest BCUT2D eigenvalue weighted by molar-refractivity contribution is 6.36. The van der Waals surface area contributed by atoms with Crippen molar-refractivity contribution in [1.29, 1.82) is 0 Å². The van der Waals surface area contributed by atoms with Crippen molar-refractivity contribution in [2.45, 2.75) is 6.92 Å². The van der Waals surface area contributed by atoms with Gasteiger partial charge in [-0.05, 0) is 6.92 Å². The summed E-state index contributed by atoms with van der Waals surface area (Å²) in [6.45, 7) is 1.53. The van der Waals surface area contributed by atoms with Gasteiger partial charge in [-0.25, -0.2) is 4.79 Å². The maximum Gasteiger partial charge on any atom is 0.398 e. The third-order valence-electron chi connectivity index (χ3n) is 0.974. The number of amides is 3. The van der Waals surface area contributed by atoms with Crippen LogP contribution in [0.3, 0.4) is 0 Å². The first kappa shape index (κ1) is 11.9. The largest absolute Gasteiger partial charge is 0.459 e. The van der Waals surface area contributed by atoms with Crippen molar-refractivity contribution < 1.29 is 23.9 Å². The van der Waals surface area contributed by atoms with Gasteiger partial charge >= 0.3 is 23.7 Å². The molecule has 0 atom stereocenters. The lowest BCUT2D eigenvalue weighted by atomic mass is 10.6. The molecule has 0 aromatic rings. The van der Waals surface area contributed by atoms with E-state index in [0.29, 0.717) is 0 Å². The molecule has 0 rings (SSSR count). The van der Waals surface area contributed by atoms with Gasteiger partial charge in [0.25, 0.3) is 0 Å². The topological polar surface area (TPSA) is 128 Å². The highest BCUT2D eigenvalue weighted by Gasteiger charge is 2.16. The van der Waals surface area contributed by atoms with E-state index in [1.54, 1.807) is 10.9 Å². The fourth-order valence-electron chi connectivity index (χ4n) is 0.423. The van der Waals surface area contributed by atoms with E-state index in [0.717, 1.165) is 0 Å². The number of rotatable bonds is 1. The number of hydrogen-bond donors (Lipinski definition) is 3. The molecular formula is C6H9N3O5. The molecule has 0 aromatic carbocycles. The van der Waals surface area contributed by atoms with Crippen LogP contribution in [0.4, 0.5) is 0 Å². The Bertz CT molecular complexity index is 275. The van der Waals surface area contributed by atoms with Crippen molar-refractivity contribution in [3.05, 3.63) is 0 Å². The maximum absolute atomic E-state index is 10.7. The summed E-state index contributed by atoms with van der Waals surface area (Å²) in [5.41, 5.74) is 7.78. The summed E-state index contributed by atoms with van der Waals surface area (Å²) in [5, 5.41) is 0. The number of nitrogens with one attached hydrogen (secondary N) is 2.